The van der Waals surface area contributed by atoms with E-state index in [1.54, 1.807) is 11.4 Å². The molecule has 1 fully saturated rings. The van der Waals surface area contributed by atoms with Gasteiger partial charge in [-0.3, -0.25) is 4.79 Å². The molecule has 1 heterocycles. The Balaban J connectivity index is 1.53. The second kappa shape index (κ2) is 10.1. The maximum atomic E-state index is 14.7. The van der Waals surface area contributed by atoms with Gasteiger partial charge < -0.3 is 9.84 Å². The minimum absolute atomic E-state index is 0.0220. The number of hydrogen-bond acceptors (Lipinski definition) is 4. The maximum absolute atomic E-state index is 14.7. The highest BCUT2D eigenvalue weighted by atomic mass is 35.5. The molecule has 0 aromatic rings. The summed E-state index contributed by atoms with van der Waals surface area (Å²) in [6.45, 7) is 0.325. The SMILES string of the molecule is COC1=CCC2C(C1)C(CCC(=O)O)CN2S(=O)(=O)C1=CCCC(C2CCC(Cl)=CC2F)C1. The Hall–Kier alpha value is -1.38. The largest absolute Gasteiger partial charge is 0.501 e. The predicted molar refractivity (Wildman–Crippen MR) is 125 cm³/mol. The van der Waals surface area contributed by atoms with E-state index in [-0.39, 0.29) is 36.1 Å². The summed E-state index contributed by atoms with van der Waals surface area (Å²) in [5, 5.41) is 9.72. The van der Waals surface area contributed by atoms with Gasteiger partial charge in [0.1, 0.15) is 6.17 Å². The van der Waals surface area contributed by atoms with Crippen LogP contribution in [0.25, 0.3) is 0 Å². The third-order valence-electron chi connectivity index (χ3n) is 7.98. The molecule has 0 aromatic heterocycles. The Kier molecular flexibility index (Phi) is 7.56. The lowest BCUT2D eigenvalue weighted by molar-refractivity contribution is -0.137. The van der Waals surface area contributed by atoms with Gasteiger partial charge in [0.05, 0.1) is 17.8 Å². The molecule has 0 aromatic carbocycles. The molecular weight excluding hydrogens is 469 g/mol. The van der Waals surface area contributed by atoms with E-state index in [9.17, 15) is 17.6 Å². The molecular formula is C24H33ClFNO5S. The molecule has 6 nitrogen and oxygen atoms in total. The molecule has 0 radical (unpaired) electrons. The van der Waals surface area contributed by atoms with Gasteiger partial charge in [-0.1, -0.05) is 17.7 Å². The van der Waals surface area contributed by atoms with Crippen LogP contribution < -0.4 is 0 Å². The first-order valence-electron chi connectivity index (χ1n) is 11.9. The van der Waals surface area contributed by atoms with Crippen molar-refractivity contribution in [3.05, 3.63) is 33.9 Å². The average Bonchev–Trinajstić information content (AvgIpc) is 3.16. The number of rotatable bonds is 7. The number of alkyl halides is 1. The van der Waals surface area contributed by atoms with Crippen LogP contribution in [-0.2, 0) is 19.6 Å². The maximum Gasteiger partial charge on any atom is 0.303 e. The number of carboxylic acids is 1. The van der Waals surface area contributed by atoms with Crippen molar-refractivity contribution >= 4 is 27.6 Å². The Morgan fingerprint density at radius 1 is 1.27 bits per heavy atom. The van der Waals surface area contributed by atoms with Crippen LogP contribution in [0.15, 0.2) is 33.9 Å². The summed E-state index contributed by atoms with van der Waals surface area (Å²) in [5.74, 6) is -0.246. The van der Waals surface area contributed by atoms with E-state index in [4.69, 9.17) is 21.4 Å². The summed E-state index contributed by atoms with van der Waals surface area (Å²) in [7, 11) is -2.10. The predicted octanol–water partition coefficient (Wildman–Crippen LogP) is 4.98. The lowest BCUT2D eigenvalue weighted by Gasteiger charge is -2.36. The number of methoxy groups -OCH3 is 1. The average molecular weight is 502 g/mol. The number of ether oxygens (including phenoxy) is 1. The van der Waals surface area contributed by atoms with Crippen molar-refractivity contribution in [2.45, 2.75) is 70.0 Å². The number of hydrogen-bond donors (Lipinski definition) is 1. The molecule has 0 saturated carbocycles. The fourth-order valence-electron chi connectivity index (χ4n) is 6.22. The quantitative estimate of drug-likeness (QED) is 0.532. The molecule has 0 amide bonds. The van der Waals surface area contributed by atoms with E-state index in [0.717, 1.165) is 12.2 Å². The molecule has 0 spiro atoms. The first-order valence-corrected chi connectivity index (χ1v) is 13.7. The number of sulfonamides is 1. The van der Waals surface area contributed by atoms with Crippen molar-refractivity contribution in [2.24, 2.45) is 23.7 Å². The first kappa shape index (κ1) is 24.7. The Morgan fingerprint density at radius 2 is 2.06 bits per heavy atom. The van der Waals surface area contributed by atoms with Gasteiger partial charge in [-0.25, -0.2) is 12.8 Å². The van der Waals surface area contributed by atoms with E-state index in [1.807, 2.05) is 12.2 Å². The molecule has 3 aliphatic carbocycles. The number of carboxylic acid groups (broad SMARTS) is 1. The molecule has 0 bridgehead atoms. The second-order valence-corrected chi connectivity index (χ2v) is 12.2. The van der Waals surface area contributed by atoms with Crippen LogP contribution in [0.4, 0.5) is 4.39 Å². The molecule has 184 valence electrons. The van der Waals surface area contributed by atoms with Crippen LogP contribution in [0.5, 0.6) is 0 Å². The Morgan fingerprint density at radius 3 is 2.76 bits per heavy atom. The molecule has 1 aliphatic heterocycles. The summed E-state index contributed by atoms with van der Waals surface area (Å²) in [6.07, 6.45) is 8.80. The van der Waals surface area contributed by atoms with E-state index in [1.165, 1.54) is 6.08 Å². The van der Waals surface area contributed by atoms with Crippen LogP contribution in [0.3, 0.4) is 0 Å². The van der Waals surface area contributed by atoms with Gasteiger partial charge in [0, 0.05) is 30.5 Å². The Labute approximate surface area is 200 Å². The standard InChI is InChI=1S/C24H33ClFNO5S/c1-32-18-7-9-23-21(13-18)16(5-10-24(28)29)14-27(23)33(30,31)19-4-2-3-15(11-19)20-8-6-17(25)12-22(20)26/h4,7,12,15-16,20-23H,2-3,5-6,8-11,13-14H2,1H3,(H,28,29). The highest BCUT2D eigenvalue weighted by Crippen LogP contribution is 2.46. The normalized spacial score (nSPS) is 35.3. The summed E-state index contributed by atoms with van der Waals surface area (Å²) in [5.41, 5.74) is 0. The van der Waals surface area contributed by atoms with Gasteiger partial charge >= 0.3 is 5.97 Å². The molecule has 33 heavy (non-hydrogen) atoms. The summed E-state index contributed by atoms with van der Waals surface area (Å²) in [4.78, 5) is 11.6. The van der Waals surface area contributed by atoms with Crippen molar-refractivity contribution in [1.29, 1.82) is 0 Å². The second-order valence-electron chi connectivity index (χ2n) is 9.79. The highest BCUT2D eigenvalue weighted by Gasteiger charge is 2.49. The zero-order valence-corrected chi connectivity index (χ0v) is 20.5. The van der Waals surface area contributed by atoms with Gasteiger partial charge in [-0.05, 0) is 80.8 Å². The van der Waals surface area contributed by atoms with E-state index < -0.39 is 22.2 Å². The van der Waals surface area contributed by atoms with Gasteiger partial charge in [-0.15, -0.1) is 0 Å². The smallest absolute Gasteiger partial charge is 0.303 e. The monoisotopic (exact) mass is 501 g/mol. The van der Waals surface area contributed by atoms with Gasteiger partial charge in [-0.2, -0.15) is 4.31 Å². The fraction of sp³-hybridized carbons (Fsp3) is 0.708. The molecule has 6 unspecified atom stereocenters. The van der Waals surface area contributed by atoms with Gasteiger partial charge in [0.25, 0.3) is 0 Å². The number of halogens is 2. The van der Waals surface area contributed by atoms with Gasteiger partial charge in [0.15, 0.2) is 0 Å². The van der Waals surface area contributed by atoms with E-state index in [0.29, 0.717) is 61.4 Å². The zero-order valence-electron chi connectivity index (χ0n) is 19.0. The van der Waals surface area contributed by atoms with Crippen molar-refractivity contribution in [3.8, 4) is 0 Å². The minimum Gasteiger partial charge on any atom is -0.501 e. The van der Waals surface area contributed by atoms with Gasteiger partial charge in [0.2, 0.25) is 10.0 Å². The summed E-state index contributed by atoms with van der Waals surface area (Å²) < 4.78 is 49.3. The van der Waals surface area contributed by atoms with E-state index >= 15 is 0 Å². The lowest BCUT2D eigenvalue weighted by atomic mass is 9.76. The first-order chi connectivity index (χ1) is 15.7. The highest BCUT2D eigenvalue weighted by molar-refractivity contribution is 7.93. The summed E-state index contributed by atoms with van der Waals surface area (Å²) in [6, 6.07) is -0.195. The van der Waals surface area contributed by atoms with Crippen molar-refractivity contribution in [3.63, 3.8) is 0 Å². The topological polar surface area (TPSA) is 83.9 Å². The fourth-order valence-corrected chi connectivity index (χ4v) is 8.49. The van der Waals surface area contributed by atoms with Crippen LogP contribution in [0.1, 0.15) is 57.8 Å². The third-order valence-corrected chi connectivity index (χ3v) is 10.3. The van der Waals surface area contributed by atoms with Crippen LogP contribution in [-0.4, -0.2) is 49.7 Å². The number of allylic oxidation sites excluding steroid dienone is 5. The lowest BCUT2D eigenvalue weighted by Crippen LogP contribution is -2.40. The van der Waals surface area contributed by atoms with Crippen LogP contribution >= 0.6 is 11.6 Å². The zero-order chi connectivity index (χ0) is 23.8. The molecule has 1 saturated heterocycles. The number of aliphatic carboxylic acids is 1. The molecule has 1 N–H and O–H groups in total. The molecule has 6 atom stereocenters. The number of nitrogens with zero attached hydrogens (tertiary/aromatic N) is 1. The minimum atomic E-state index is -3.71. The van der Waals surface area contributed by atoms with E-state index in [2.05, 4.69) is 0 Å². The molecule has 9 heteroatoms. The van der Waals surface area contributed by atoms with Crippen LogP contribution in [0.2, 0.25) is 0 Å². The third kappa shape index (κ3) is 5.17. The van der Waals surface area contributed by atoms with Crippen molar-refractivity contribution in [1.82, 2.24) is 4.31 Å². The van der Waals surface area contributed by atoms with Crippen LogP contribution in [0, 0.1) is 23.7 Å². The molecule has 4 aliphatic rings. The van der Waals surface area contributed by atoms with Crippen molar-refractivity contribution < 1.29 is 27.4 Å². The Bertz CT molecular complexity index is 962. The summed E-state index contributed by atoms with van der Waals surface area (Å²) >= 11 is 6.00. The number of fused-ring (bicyclic) bond motifs is 1. The van der Waals surface area contributed by atoms with Crippen molar-refractivity contribution in [2.75, 3.05) is 13.7 Å². The number of carbonyl (C=O) groups is 1. The molecule has 4 rings (SSSR count).